The van der Waals surface area contributed by atoms with Gasteiger partial charge in [-0.2, -0.15) is 122 Å². The van der Waals surface area contributed by atoms with Crippen LogP contribution in [0.2, 0.25) is 0 Å². The summed E-state index contributed by atoms with van der Waals surface area (Å²) < 4.78 is 331. The van der Waals surface area contributed by atoms with E-state index < -0.39 is 102 Å². The summed E-state index contributed by atoms with van der Waals surface area (Å²) in [5, 5.41) is 0. The Morgan fingerprint density at radius 1 is 0.349 bits per heavy atom. The summed E-state index contributed by atoms with van der Waals surface area (Å²) in [5.74, 6) is -90.0. The highest BCUT2D eigenvalue weighted by molar-refractivity contribution is 7.80. The molecule has 0 aliphatic rings. The summed E-state index contributed by atoms with van der Waals surface area (Å²) in [6.07, 6.45) is -17.8. The van der Waals surface area contributed by atoms with Crippen LogP contribution in [0.25, 0.3) is 0 Å². The zero-order valence-corrected chi connectivity index (χ0v) is 20.1. The first-order valence-electron chi connectivity index (χ1n) is 9.81. The lowest BCUT2D eigenvalue weighted by atomic mass is 9.89. The van der Waals surface area contributed by atoms with Gasteiger partial charge in [-0.05, 0) is 24.3 Å². The Hall–Kier alpha value is -1.66. The van der Waals surface area contributed by atoms with Gasteiger partial charge in [0.2, 0.25) is 0 Å². The number of alkyl halides is 25. The maximum atomic E-state index is 13.7. The molecular weight excluding hydrogens is 711 g/mol. The molecule has 0 saturated heterocycles. The first-order valence-corrected chi connectivity index (χ1v) is 10.4. The van der Waals surface area contributed by atoms with Crippen LogP contribution >= 0.6 is 12.6 Å². The van der Waals surface area contributed by atoms with Crippen LogP contribution in [0.5, 0.6) is 0 Å². The van der Waals surface area contributed by atoms with Crippen LogP contribution in [-0.4, -0.2) is 77.1 Å². The van der Waals surface area contributed by atoms with Gasteiger partial charge in [-0.1, -0.05) is 0 Å². The van der Waals surface area contributed by atoms with E-state index in [4.69, 9.17) is 0 Å². The zero-order valence-electron chi connectivity index (χ0n) is 19.2. The SMILES string of the molecule is FC(F)(F)C(F)(F)C(F)(F)C(F)(F)C(F)(F)C(F)(F)C=CC(F)(F)C(F)(F)C(F)(F)C(F)(F)C(F)(F)C(F)(F)CCCS. The molecule has 26 heteroatoms. The quantitative estimate of drug-likeness (QED) is 0.103. The van der Waals surface area contributed by atoms with Crippen LogP contribution in [0.4, 0.5) is 110 Å². The van der Waals surface area contributed by atoms with Crippen LogP contribution in [0, 0.1) is 0 Å². The second-order valence-electron chi connectivity index (χ2n) is 8.20. The van der Waals surface area contributed by atoms with Gasteiger partial charge in [0.05, 0.1) is 0 Å². The van der Waals surface area contributed by atoms with Gasteiger partial charge >= 0.3 is 71.3 Å². The molecule has 0 nitrogen and oxygen atoms in total. The van der Waals surface area contributed by atoms with Crippen LogP contribution in [0.3, 0.4) is 0 Å². The van der Waals surface area contributed by atoms with E-state index >= 15 is 0 Å². The topological polar surface area (TPSA) is 0 Å². The van der Waals surface area contributed by atoms with Crippen molar-refractivity contribution in [3.05, 3.63) is 12.2 Å². The van der Waals surface area contributed by atoms with Crippen molar-refractivity contribution < 1.29 is 110 Å². The molecule has 0 aromatic rings. The van der Waals surface area contributed by atoms with Gasteiger partial charge in [-0.25, -0.2) is 0 Å². The summed E-state index contributed by atoms with van der Waals surface area (Å²) in [6, 6.07) is 0. The van der Waals surface area contributed by atoms with Gasteiger partial charge in [-0.3, -0.25) is 0 Å². The number of halogens is 25. The Labute approximate surface area is 225 Å². The van der Waals surface area contributed by atoms with Crippen LogP contribution in [-0.2, 0) is 0 Å². The third-order valence-electron chi connectivity index (χ3n) is 5.17. The molecule has 0 amide bonds. The molecule has 0 aromatic carbocycles. The molecular formula is C17H9F25S. The number of hydrogen-bond donors (Lipinski definition) is 1. The monoisotopic (exact) mass is 720 g/mol. The van der Waals surface area contributed by atoms with E-state index in [2.05, 4.69) is 12.6 Å². The molecule has 0 radical (unpaired) electrons. The molecule has 0 N–H and O–H groups in total. The Balaban J connectivity index is 6.89. The average Bonchev–Trinajstić information content (AvgIpc) is 2.79. The Morgan fingerprint density at radius 3 is 0.860 bits per heavy atom. The molecule has 0 unspecified atom stereocenters. The molecule has 0 heterocycles. The largest absolute Gasteiger partial charge is 0.460 e. The highest BCUT2D eigenvalue weighted by atomic mass is 32.1. The maximum Gasteiger partial charge on any atom is 0.460 e. The number of thiol groups is 1. The summed E-state index contributed by atoms with van der Waals surface area (Å²) in [6.45, 7) is 0. The average molecular weight is 720 g/mol. The number of allylic oxidation sites excluding steroid dienone is 2. The first-order chi connectivity index (χ1) is 18.3. The first kappa shape index (κ1) is 41.3. The van der Waals surface area contributed by atoms with Gasteiger partial charge in [0, 0.05) is 6.42 Å². The second-order valence-corrected chi connectivity index (χ2v) is 8.65. The summed E-state index contributed by atoms with van der Waals surface area (Å²) >= 11 is 3.14. The van der Waals surface area contributed by atoms with E-state index in [9.17, 15) is 110 Å². The molecule has 0 saturated carbocycles. The van der Waals surface area contributed by atoms with Crippen molar-refractivity contribution in [1.82, 2.24) is 0 Å². The number of rotatable bonds is 14. The van der Waals surface area contributed by atoms with E-state index in [1.54, 1.807) is 0 Å². The Morgan fingerprint density at radius 2 is 0.605 bits per heavy atom. The fourth-order valence-electron chi connectivity index (χ4n) is 2.49. The van der Waals surface area contributed by atoms with Crippen LogP contribution < -0.4 is 0 Å². The minimum absolute atomic E-state index is 0.885. The van der Waals surface area contributed by atoms with Crippen LogP contribution in [0.1, 0.15) is 12.8 Å². The molecule has 0 fully saturated rings. The van der Waals surface area contributed by atoms with Crippen LogP contribution in [0.15, 0.2) is 12.2 Å². The smallest absolute Gasteiger partial charge is 0.200 e. The minimum atomic E-state index is -8.71. The molecule has 0 aromatic heterocycles. The van der Waals surface area contributed by atoms with Gasteiger partial charge in [0.15, 0.2) is 0 Å². The van der Waals surface area contributed by atoms with Gasteiger partial charge in [0.1, 0.15) is 0 Å². The standard InChI is InChI=1S/C17H9F25S/c18-6(19,2-1-5-43)9(24,25)12(30,31)13(32,33)10(26,27)7(20,21)3-4-8(22,23)11(28,29)14(34,35)15(36,37)16(38,39)17(40,41)42/h3-4,43H,1-2,5H2. The molecule has 0 aliphatic carbocycles. The lowest BCUT2D eigenvalue weighted by Crippen LogP contribution is -2.70. The predicted molar refractivity (Wildman–Crippen MR) is 92.7 cm³/mol. The fraction of sp³-hybridized carbons (Fsp3) is 0.882. The zero-order chi connectivity index (χ0) is 35.5. The molecule has 258 valence electrons. The fourth-order valence-corrected chi connectivity index (χ4v) is 2.65. The van der Waals surface area contributed by atoms with Crippen molar-refractivity contribution in [1.29, 1.82) is 0 Å². The maximum absolute atomic E-state index is 13.7. The molecule has 0 aliphatic heterocycles. The van der Waals surface area contributed by atoms with Crippen molar-refractivity contribution in [2.75, 3.05) is 5.75 Å². The normalized spacial score (nSPS) is 16.8. The van der Waals surface area contributed by atoms with E-state index in [0.29, 0.717) is 0 Å². The Kier molecular flexibility index (Phi) is 10.6. The third kappa shape index (κ3) is 5.89. The van der Waals surface area contributed by atoms with E-state index in [0.717, 1.165) is 0 Å². The lowest BCUT2D eigenvalue weighted by Gasteiger charge is -2.41. The Bertz CT molecular complexity index is 1000. The third-order valence-corrected chi connectivity index (χ3v) is 5.49. The molecule has 43 heavy (non-hydrogen) atoms. The van der Waals surface area contributed by atoms with Crippen molar-refractivity contribution in [2.45, 2.75) is 84.2 Å². The van der Waals surface area contributed by atoms with Crippen molar-refractivity contribution in [3.63, 3.8) is 0 Å². The molecule has 0 atom stereocenters. The summed E-state index contributed by atoms with van der Waals surface area (Å²) in [7, 11) is 0. The van der Waals surface area contributed by atoms with E-state index in [1.165, 1.54) is 0 Å². The highest BCUT2D eigenvalue weighted by Gasteiger charge is 2.92. The highest BCUT2D eigenvalue weighted by Crippen LogP contribution is 2.63. The number of hydrogen-bond acceptors (Lipinski definition) is 1. The molecule has 0 bridgehead atoms. The van der Waals surface area contributed by atoms with E-state index in [-0.39, 0.29) is 0 Å². The van der Waals surface area contributed by atoms with Gasteiger partial charge in [0.25, 0.3) is 0 Å². The van der Waals surface area contributed by atoms with Gasteiger partial charge < -0.3 is 0 Å². The van der Waals surface area contributed by atoms with Crippen molar-refractivity contribution >= 4 is 12.6 Å². The second kappa shape index (κ2) is 11.0. The summed E-state index contributed by atoms with van der Waals surface area (Å²) in [4.78, 5) is 0. The summed E-state index contributed by atoms with van der Waals surface area (Å²) in [5.41, 5.74) is 0. The van der Waals surface area contributed by atoms with Crippen molar-refractivity contribution in [2.24, 2.45) is 0 Å². The van der Waals surface area contributed by atoms with E-state index in [1.807, 2.05) is 0 Å². The lowest BCUT2D eigenvalue weighted by molar-refractivity contribution is -0.436. The molecule has 0 rings (SSSR count). The predicted octanol–water partition coefficient (Wildman–Crippen LogP) is 9.80. The minimum Gasteiger partial charge on any atom is -0.200 e. The van der Waals surface area contributed by atoms with Crippen molar-refractivity contribution in [3.8, 4) is 0 Å². The van der Waals surface area contributed by atoms with Gasteiger partial charge in [-0.15, -0.1) is 0 Å². The molecule has 0 spiro atoms.